The fraction of sp³-hybridized carbons (Fsp3) is 1.00. The van der Waals surface area contributed by atoms with Gasteiger partial charge in [0.2, 0.25) is 0 Å². The number of hydrazine groups is 1. The maximum absolute atomic E-state index is 5.55. The Morgan fingerprint density at radius 1 is 1.06 bits per heavy atom. The van der Waals surface area contributed by atoms with Gasteiger partial charge in [0.1, 0.15) is 0 Å². The molecule has 0 aromatic carbocycles. The highest BCUT2D eigenvalue weighted by Crippen LogP contribution is 2.11. The van der Waals surface area contributed by atoms with E-state index in [1.54, 1.807) is 0 Å². The van der Waals surface area contributed by atoms with Crippen LogP contribution in [0, 0.1) is 0 Å². The Morgan fingerprint density at radius 3 is 2.25 bits per heavy atom. The van der Waals surface area contributed by atoms with E-state index in [0.717, 1.165) is 13.0 Å². The Morgan fingerprint density at radius 2 is 1.69 bits per heavy atom. The second kappa shape index (κ2) is 11.4. The number of hydrogen-bond donors (Lipinski definition) is 2. The van der Waals surface area contributed by atoms with Crippen LogP contribution in [0.2, 0.25) is 0 Å². The van der Waals surface area contributed by atoms with Gasteiger partial charge in [0.25, 0.3) is 0 Å². The van der Waals surface area contributed by atoms with Crippen molar-refractivity contribution in [3.05, 3.63) is 0 Å². The molecule has 2 unspecified atom stereocenters. The zero-order valence-electron chi connectivity index (χ0n) is 11.3. The number of rotatable bonds is 11. The van der Waals surface area contributed by atoms with E-state index in [1.165, 1.54) is 38.5 Å². The molecule has 0 heterocycles. The third-order valence-electron chi connectivity index (χ3n) is 3.08. The molecule has 3 N–H and O–H groups in total. The molecule has 0 amide bonds. The molecular formula is C13H30N2O. The van der Waals surface area contributed by atoms with Gasteiger partial charge in [0.05, 0.1) is 6.10 Å². The first kappa shape index (κ1) is 15.9. The standard InChI is InChI=1S/C13H30N2O/c1-4-6-7-8-9-10-11-13(15-14)12(3)16-5-2/h12-13,15H,4-11,14H2,1-3H3. The first-order valence-corrected chi connectivity index (χ1v) is 6.83. The fourth-order valence-corrected chi connectivity index (χ4v) is 1.98. The van der Waals surface area contributed by atoms with Crippen LogP contribution in [0.3, 0.4) is 0 Å². The quantitative estimate of drug-likeness (QED) is 0.326. The molecule has 0 saturated carbocycles. The van der Waals surface area contributed by atoms with Crippen LogP contribution in [0.5, 0.6) is 0 Å². The Bertz CT molecular complexity index is 142. The van der Waals surface area contributed by atoms with E-state index < -0.39 is 0 Å². The summed E-state index contributed by atoms with van der Waals surface area (Å²) in [4.78, 5) is 0. The monoisotopic (exact) mass is 230 g/mol. The lowest BCUT2D eigenvalue weighted by Crippen LogP contribution is -2.43. The van der Waals surface area contributed by atoms with Crippen molar-refractivity contribution in [3.8, 4) is 0 Å². The van der Waals surface area contributed by atoms with Gasteiger partial charge in [-0.3, -0.25) is 11.3 Å². The molecule has 0 radical (unpaired) electrons. The lowest BCUT2D eigenvalue weighted by atomic mass is 10.0. The largest absolute Gasteiger partial charge is 0.377 e. The topological polar surface area (TPSA) is 47.3 Å². The zero-order chi connectivity index (χ0) is 12.2. The minimum atomic E-state index is 0.214. The number of nitrogens with two attached hydrogens (primary N) is 1. The molecule has 16 heavy (non-hydrogen) atoms. The van der Waals surface area contributed by atoms with E-state index in [0.29, 0.717) is 6.04 Å². The highest BCUT2D eigenvalue weighted by molar-refractivity contribution is 4.71. The van der Waals surface area contributed by atoms with Crippen molar-refractivity contribution in [1.29, 1.82) is 0 Å². The van der Waals surface area contributed by atoms with Crippen molar-refractivity contribution in [1.82, 2.24) is 5.43 Å². The molecule has 0 saturated heterocycles. The van der Waals surface area contributed by atoms with Crippen LogP contribution in [0.25, 0.3) is 0 Å². The van der Waals surface area contributed by atoms with Gasteiger partial charge < -0.3 is 4.74 Å². The molecule has 2 atom stereocenters. The maximum atomic E-state index is 5.55. The number of unbranched alkanes of at least 4 members (excludes halogenated alkanes) is 5. The minimum absolute atomic E-state index is 0.214. The van der Waals surface area contributed by atoms with Crippen LogP contribution >= 0.6 is 0 Å². The Kier molecular flexibility index (Phi) is 11.3. The molecule has 0 aliphatic carbocycles. The van der Waals surface area contributed by atoms with Crippen LogP contribution in [0.15, 0.2) is 0 Å². The summed E-state index contributed by atoms with van der Waals surface area (Å²) in [5.74, 6) is 5.54. The molecule has 0 aromatic rings. The summed E-state index contributed by atoms with van der Waals surface area (Å²) in [6.07, 6.45) is 9.30. The lowest BCUT2D eigenvalue weighted by molar-refractivity contribution is 0.0445. The first-order chi connectivity index (χ1) is 7.76. The third kappa shape index (κ3) is 8.08. The highest BCUT2D eigenvalue weighted by Gasteiger charge is 2.14. The average Bonchev–Trinajstić information content (AvgIpc) is 2.28. The summed E-state index contributed by atoms with van der Waals surface area (Å²) in [6, 6.07) is 0.297. The molecule has 0 aliphatic heterocycles. The average molecular weight is 230 g/mol. The van der Waals surface area contributed by atoms with Crippen LogP contribution in [0.1, 0.15) is 65.7 Å². The van der Waals surface area contributed by atoms with Gasteiger partial charge in [-0.1, -0.05) is 45.4 Å². The fourth-order valence-electron chi connectivity index (χ4n) is 1.98. The van der Waals surface area contributed by atoms with E-state index in [1.807, 2.05) is 6.92 Å². The van der Waals surface area contributed by atoms with E-state index in [2.05, 4.69) is 19.3 Å². The van der Waals surface area contributed by atoms with Crippen molar-refractivity contribution in [3.63, 3.8) is 0 Å². The van der Waals surface area contributed by atoms with Crippen LogP contribution in [-0.2, 0) is 4.74 Å². The summed E-state index contributed by atoms with van der Waals surface area (Å²) in [7, 11) is 0. The van der Waals surface area contributed by atoms with E-state index in [4.69, 9.17) is 10.6 Å². The minimum Gasteiger partial charge on any atom is -0.377 e. The molecule has 0 rings (SSSR count). The molecule has 3 nitrogen and oxygen atoms in total. The lowest BCUT2D eigenvalue weighted by Gasteiger charge is -2.22. The molecule has 0 aromatic heterocycles. The molecule has 0 fully saturated rings. The van der Waals surface area contributed by atoms with Gasteiger partial charge in [0.15, 0.2) is 0 Å². The van der Waals surface area contributed by atoms with Gasteiger partial charge in [-0.15, -0.1) is 0 Å². The van der Waals surface area contributed by atoms with Gasteiger partial charge in [-0.05, 0) is 20.3 Å². The molecule has 98 valence electrons. The van der Waals surface area contributed by atoms with E-state index >= 15 is 0 Å². The summed E-state index contributed by atoms with van der Waals surface area (Å²) < 4.78 is 5.55. The van der Waals surface area contributed by atoms with Gasteiger partial charge >= 0.3 is 0 Å². The second-order valence-corrected chi connectivity index (χ2v) is 4.49. The van der Waals surface area contributed by atoms with Crippen molar-refractivity contribution in [2.75, 3.05) is 6.61 Å². The van der Waals surface area contributed by atoms with Crippen molar-refractivity contribution in [2.24, 2.45) is 5.84 Å². The summed E-state index contributed by atoms with van der Waals surface area (Å²) in [5.41, 5.74) is 2.86. The Balaban J connectivity index is 3.47. The van der Waals surface area contributed by atoms with Crippen molar-refractivity contribution < 1.29 is 4.74 Å². The molecule has 0 bridgehead atoms. The number of hydrogen-bond acceptors (Lipinski definition) is 3. The van der Waals surface area contributed by atoms with Crippen LogP contribution in [0.4, 0.5) is 0 Å². The summed E-state index contributed by atoms with van der Waals surface area (Å²) in [5, 5.41) is 0. The summed E-state index contributed by atoms with van der Waals surface area (Å²) in [6.45, 7) is 7.12. The van der Waals surface area contributed by atoms with Gasteiger partial charge in [-0.2, -0.15) is 0 Å². The predicted molar refractivity (Wildman–Crippen MR) is 70.2 cm³/mol. The van der Waals surface area contributed by atoms with Gasteiger partial charge in [0, 0.05) is 12.6 Å². The van der Waals surface area contributed by atoms with E-state index in [9.17, 15) is 0 Å². The van der Waals surface area contributed by atoms with Gasteiger partial charge in [-0.25, -0.2) is 0 Å². The maximum Gasteiger partial charge on any atom is 0.0713 e. The first-order valence-electron chi connectivity index (χ1n) is 6.83. The predicted octanol–water partition coefficient (Wildman–Crippen LogP) is 2.99. The highest BCUT2D eigenvalue weighted by atomic mass is 16.5. The van der Waals surface area contributed by atoms with Crippen LogP contribution < -0.4 is 11.3 Å². The zero-order valence-corrected chi connectivity index (χ0v) is 11.3. The van der Waals surface area contributed by atoms with Crippen molar-refractivity contribution in [2.45, 2.75) is 77.9 Å². The second-order valence-electron chi connectivity index (χ2n) is 4.49. The third-order valence-corrected chi connectivity index (χ3v) is 3.08. The molecule has 3 heteroatoms. The van der Waals surface area contributed by atoms with Crippen LogP contribution in [-0.4, -0.2) is 18.8 Å². The smallest absolute Gasteiger partial charge is 0.0713 e. The SMILES string of the molecule is CCCCCCCCC(NN)C(C)OCC. The number of ether oxygens (including phenoxy) is 1. The Labute approximate surface area is 101 Å². The molecular weight excluding hydrogens is 200 g/mol. The summed E-state index contributed by atoms with van der Waals surface area (Å²) >= 11 is 0. The van der Waals surface area contributed by atoms with E-state index in [-0.39, 0.29) is 6.10 Å². The molecule has 0 aliphatic rings. The normalized spacial score (nSPS) is 15.0. The molecule has 0 spiro atoms. The van der Waals surface area contributed by atoms with Crippen molar-refractivity contribution >= 4 is 0 Å². The Hall–Kier alpha value is -0.120. The number of nitrogens with one attached hydrogen (secondary N) is 1.